The second-order valence-electron chi connectivity index (χ2n) is 6.07. The van der Waals surface area contributed by atoms with E-state index >= 15 is 0 Å². The summed E-state index contributed by atoms with van der Waals surface area (Å²) in [6.07, 6.45) is 3.66. The highest BCUT2D eigenvalue weighted by molar-refractivity contribution is 14.1. The summed E-state index contributed by atoms with van der Waals surface area (Å²) < 4.78 is 3.18. The maximum atomic E-state index is 12.5. The molecule has 1 atom stereocenters. The minimum atomic E-state index is -0.0532. The van der Waals surface area contributed by atoms with Gasteiger partial charge < -0.3 is 9.88 Å². The highest BCUT2D eigenvalue weighted by Crippen LogP contribution is 2.33. The zero-order valence-corrected chi connectivity index (χ0v) is 15.8. The number of carbonyl (C=O) groups is 1. The monoisotopic (exact) mass is 431 g/mol. The number of aromatic nitrogens is 1. The molecule has 0 aliphatic heterocycles. The summed E-state index contributed by atoms with van der Waals surface area (Å²) in [4.78, 5) is 12.5. The van der Waals surface area contributed by atoms with Crippen molar-refractivity contribution in [2.75, 3.05) is 5.32 Å². The first-order valence-electron chi connectivity index (χ1n) is 7.84. The van der Waals surface area contributed by atoms with Gasteiger partial charge in [-0.05, 0) is 79.6 Å². The van der Waals surface area contributed by atoms with E-state index in [-0.39, 0.29) is 5.91 Å². The number of hydrogen-bond acceptors (Lipinski definition) is 2. The molecular formula is C19H18IN3O. The molecule has 0 fully saturated rings. The van der Waals surface area contributed by atoms with Crippen LogP contribution in [0.3, 0.4) is 0 Å². The van der Waals surface area contributed by atoms with Crippen LogP contribution in [0, 0.1) is 28.7 Å². The van der Waals surface area contributed by atoms with Gasteiger partial charge in [0.15, 0.2) is 0 Å². The van der Waals surface area contributed by atoms with Gasteiger partial charge in [0.05, 0.1) is 17.3 Å². The Kier molecular flexibility index (Phi) is 4.76. The first-order valence-corrected chi connectivity index (χ1v) is 8.92. The maximum Gasteiger partial charge on any atom is 0.251 e. The van der Waals surface area contributed by atoms with Gasteiger partial charge in [-0.3, -0.25) is 4.79 Å². The standard InChI is InChI=1S/C19H18IN3O/c1-12-3-4-13(2)23(12)16-7-6-15(10-16)19(24)22-18-8-5-14(11-21)9-17(18)20/h3-6,8-9,16H,7,10H2,1-2H3,(H,22,24)/t16-/m1/s1. The molecule has 5 heteroatoms. The van der Waals surface area contributed by atoms with Crippen molar-refractivity contribution in [3.05, 3.63) is 62.5 Å². The lowest BCUT2D eigenvalue weighted by molar-refractivity contribution is -0.113. The fraction of sp³-hybridized carbons (Fsp3) is 0.263. The number of nitriles is 1. The van der Waals surface area contributed by atoms with Crippen molar-refractivity contribution in [3.63, 3.8) is 0 Å². The van der Waals surface area contributed by atoms with Crippen molar-refractivity contribution in [2.45, 2.75) is 32.7 Å². The average molecular weight is 431 g/mol. The molecular weight excluding hydrogens is 413 g/mol. The van der Waals surface area contributed by atoms with Crippen molar-refractivity contribution in [3.8, 4) is 6.07 Å². The molecule has 0 saturated carbocycles. The maximum absolute atomic E-state index is 12.5. The second-order valence-corrected chi connectivity index (χ2v) is 7.23. The molecule has 0 spiro atoms. The van der Waals surface area contributed by atoms with Crippen LogP contribution in [0.5, 0.6) is 0 Å². The largest absolute Gasteiger partial charge is 0.346 e. The quantitative estimate of drug-likeness (QED) is 0.729. The lowest BCUT2D eigenvalue weighted by Gasteiger charge is -2.18. The normalized spacial score (nSPS) is 16.6. The lowest BCUT2D eigenvalue weighted by atomic mass is 10.1. The smallest absolute Gasteiger partial charge is 0.251 e. The van der Waals surface area contributed by atoms with Crippen LogP contribution in [0.2, 0.25) is 0 Å². The number of aryl methyl sites for hydroxylation is 2. The molecule has 4 nitrogen and oxygen atoms in total. The number of carbonyl (C=O) groups excluding carboxylic acids is 1. The zero-order chi connectivity index (χ0) is 17.3. The molecule has 1 aliphatic rings. The number of halogens is 1. The zero-order valence-electron chi connectivity index (χ0n) is 13.6. The summed E-state index contributed by atoms with van der Waals surface area (Å²) in [7, 11) is 0. The summed E-state index contributed by atoms with van der Waals surface area (Å²) in [6, 6.07) is 11.9. The lowest BCUT2D eigenvalue weighted by Crippen LogP contribution is -2.16. The van der Waals surface area contributed by atoms with Gasteiger partial charge in [-0.25, -0.2) is 0 Å². The average Bonchev–Trinajstić information content (AvgIpc) is 3.16. The highest BCUT2D eigenvalue weighted by Gasteiger charge is 2.24. The predicted octanol–water partition coefficient (Wildman–Crippen LogP) is 4.48. The minimum absolute atomic E-state index is 0.0532. The number of allylic oxidation sites excluding steroid dienone is 1. The van der Waals surface area contributed by atoms with E-state index in [4.69, 9.17) is 5.26 Å². The molecule has 1 heterocycles. The van der Waals surface area contributed by atoms with Gasteiger partial charge in [0.1, 0.15) is 0 Å². The molecule has 1 aromatic carbocycles. The van der Waals surface area contributed by atoms with E-state index in [1.54, 1.807) is 18.2 Å². The van der Waals surface area contributed by atoms with E-state index in [0.717, 1.165) is 27.7 Å². The Morgan fingerprint density at radius 1 is 1.29 bits per heavy atom. The van der Waals surface area contributed by atoms with Gasteiger partial charge in [-0.2, -0.15) is 5.26 Å². The molecule has 0 unspecified atom stereocenters. The molecule has 122 valence electrons. The summed E-state index contributed by atoms with van der Waals surface area (Å²) in [5.41, 5.74) is 4.63. The molecule has 0 radical (unpaired) electrons. The van der Waals surface area contributed by atoms with Crippen molar-refractivity contribution in [1.29, 1.82) is 5.26 Å². The van der Waals surface area contributed by atoms with Crippen molar-refractivity contribution >= 4 is 34.2 Å². The fourth-order valence-corrected chi connectivity index (χ4v) is 3.88. The van der Waals surface area contributed by atoms with E-state index in [1.807, 2.05) is 6.08 Å². The number of amides is 1. The van der Waals surface area contributed by atoms with Crippen LogP contribution in [0.25, 0.3) is 0 Å². The van der Waals surface area contributed by atoms with Crippen LogP contribution in [0.15, 0.2) is 42.0 Å². The van der Waals surface area contributed by atoms with Gasteiger partial charge in [-0.15, -0.1) is 0 Å². The molecule has 2 aromatic rings. The Balaban J connectivity index is 1.70. The third kappa shape index (κ3) is 3.24. The topological polar surface area (TPSA) is 57.8 Å². The van der Waals surface area contributed by atoms with Gasteiger partial charge >= 0.3 is 0 Å². The fourth-order valence-electron chi connectivity index (χ4n) is 3.23. The van der Waals surface area contributed by atoms with Gasteiger partial charge in [0, 0.05) is 26.6 Å². The highest BCUT2D eigenvalue weighted by atomic mass is 127. The van der Waals surface area contributed by atoms with Crippen LogP contribution < -0.4 is 5.32 Å². The van der Waals surface area contributed by atoms with E-state index in [0.29, 0.717) is 11.6 Å². The van der Waals surface area contributed by atoms with Crippen molar-refractivity contribution in [1.82, 2.24) is 4.57 Å². The van der Waals surface area contributed by atoms with Crippen LogP contribution >= 0.6 is 22.6 Å². The van der Waals surface area contributed by atoms with Gasteiger partial charge in [0.2, 0.25) is 0 Å². The van der Waals surface area contributed by atoms with E-state index in [1.165, 1.54) is 11.4 Å². The van der Waals surface area contributed by atoms with E-state index in [2.05, 4.69) is 64.5 Å². The molecule has 1 N–H and O–H groups in total. The Morgan fingerprint density at radius 3 is 2.62 bits per heavy atom. The van der Waals surface area contributed by atoms with E-state index in [9.17, 15) is 4.79 Å². The molecule has 0 saturated heterocycles. The minimum Gasteiger partial charge on any atom is -0.346 e. The van der Waals surface area contributed by atoms with Crippen LogP contribution in [-0.4, -0.2) is 10.5 Å². The summed E-state index contributed by atoms with van der Waals surface area (Å²) in [5, 5.41) is 11.9. The second kappa shape index (κ2) is 6.81. The molecule has 1 aliphatic carbocycles. The third-order valence-corrected chi connectivity index (χ3v) is 5.31. The Labute approximate surface area is 155 Å². The molecule has 24 heavy (non-hydrogen) atoms. The number of rotatable bonds is 3. The van der Waals surface area contributed by atoms with Gasteiger partial charge in [-0.1, -0.05) is 6.08 Å². The van der Waals surface area contributed by atoms with E-state index < -0.39 is 0 Å². The van der Waals surface area contributed by atoms with Crippen molar-refractivity contribution < 1.29 is 4.79 Å². The molecule has 3 rings (SSSR count). The van der Waals surface area contributed by atoms with Gasteiger partial charge in [0.25, 0.3) is 5.91 Å². The first kappa shape index (κ1) is 16.8. The Hall–Kier alpha value is -2.07. The number of anilines is 1. The Morgan fingerprint density at radius 2 is 2.00 bits per heavy atom. The summed E-state index contributed by atoms with van der Waals surface area (Å²) in [6.45, 7) is 4.20. The predicted molar refractivity (Wildman–Crippen MR) is 103 cm³/mol. The van der Waals surface area contributed by atoms with Crippen LogP contribution in [-0.2, 0) is 4.79 Å². The summed E-state index contributed by atoms with van der Waals surface area (Å²) >= 11 is 2.14. The number of benzene rings is 1. The number of hydrogen-bond donors (Lipinski definition) is 1. The molecule has 1 aromatic heterocycles. The number of nitrogens with one attached hydrogen (secondary N) is 1. The van der Waals surface area contributed by atoms with Crippen LogP contribution in [0.1, 0.15) is 35.8 Å². The molecule has 0 bridgehead atoms. The third-order valence-electron chi connectivity index (χ3n) is 4.42. The first-order chi connectivity index (χ1) is 11.5. The Bertz CT molecular complexity index is 854. The summed E-state index contributed by atoms with van der Waals surface area (Å²) in [5.74, 6) is -0.0532. The van der Waals surface area contributed by atoms with Crippen molar-refractivity contribution in [2.24, 2.45) is 0 Å². The molecule has 1 amide bonds. The van der Waals surface area contributed by atoms with Crippen LogP contribution in [0.4, 0.5) is 5.69 Å². The number of nitrogens with zero attached hydrogens (tertiary/aromatic N) is 2. The SMILES string of the molecule is Cc1ccc(C)n1[C@@H]1CC=C(C(=O)Nc2ccc(C#N)cc2I)C1.